The smallest absolute Gasteiger partial charge is 0.416 e. The fraction of sp³-hybridized carbons (Fsp3) is 0.500. The average Bonchev–Trinajstić information content (AvgIpc) is 3.21. The molecule has 1 unspecified atom stereocenters. The fourth-order valence-electron chi connectivity index (χ4n) is 4.67. The second kappa shape index (κ2) is 11.2. The number of likely N-dealkylation sites (N-methyl/N-ethyl adjacent to an activating group) is 1. The summed E-state index contributed by atoms with van der Waals surface area (Å²) in [5.41, 5.74) is 7.83. The third-order valence-electron chi connectivity index (χ3n) is 6.80. The number of esters is 1. The summed E-state index contributed by atoms with van der Waals surface area (Å²) in [6, 6.07) is 5.29. The number of rotatable bonds is 8. The number of morpholine rings is 1. The lowest BCUT2D eigenvalue weighted by Gasteiger charge is -2.27. The van der Waals surface area contributed by atoms with Crippen molar-refractivity contribution in [3.8, 4) is 0 Å². The number of anilines is 2. The van der Waals surface area contributed by atoms with E-state index in [1.807, 2.05) is 18.7 Å². The number of halogens is 3. The van der Waals surface area contributed by atoms with Gasteiger partial charge in [-0.3, -0.25) is 4.79 Å². The quantitative estimate of drug-likeness (QED) is 0.424. The van der Waals surface area contributed by atoms with Crippen LogP contribution in [0.4, 0.5) is 24.7 Å². The largest absolute Gasteiger partial charge is 0.458 e. The van der Waals surface area contributed by atoms with Gasteiger partial charge in [-0.1, -0.05) is 26.0 Å². The van der Waals surface area contributed by atoms with Gasteiger partial charge in [-0.15, -0.1) is 5.10 Å². The maximum atomic E-state index is 13.6. The number of hydrogen-bond donors (Lipinski definition) is 2. The van der Waals surface area contributed by atoms with Crippen LogP contribution < -0.4 is 16.0 Å². The number of hydrogen-bond acceptors (Lipinski definition) is 8. The summed E-state index contributed by atoms with van der Waals surface area (Å²) in [6.45, 7) is 7.40. The van der Waals surface area contributed by atoms with Crippen molar-refractivity contribution >= 4 is 23.1 Å². The van der Waals surface area contributed by atoms with Crippen LogP contribution in [-0.2, 0) is 33.5 Å². The van der Waals surface area contributed by atoms with E-state index in [9.17, 15) is 18.0 Å². The molecule has 1 aliphatic rings. The number of carbonyl (C=O) groups is 1. The zero-order valence-electron chi connectivity index (χ0n) is 21.9. The van der Waals surface area contributed by atoms with Gasteiger partial charge in [-0.05, 0) is 37.1 Å². The molecule has 0 aliphatic carbocycles. The van der Waals surface area contributed by atoms with E-state index in [1.165, 1.54) is 13.0 Å². The molecule has 1 fully saturated rings. The lowest BCUT2D eigenvalue weighted by atomic mass is 9.98. The molecule has 0 amide bonds. The van der Waals surface area contributed by atoms with Crippen LogP contribution in [0.15, 0.2) is 24.3 Å². The molecule has 3 N–H and O–H groups in total. The summed E-state index contributed by atoms with van der Waals surface area (Å²) in [5.74, 6) is 0.154. The van der Waals surface area contributed by atoms with Gasteiger partial charge in [0.15, 0.2) is 11.5 Å². The molecule has 0 spiro atoms. The van der Waals surface area contributed by atoms with Crippen molar-refractivity contribution in [3.05, 3.63) is 52.3 Å². The molecule has 1 aromatic carbocycles. The molecule has 1 saturated heterocycles. The van der Waals surface area contributed by atoms with Gasteiger partial charge in [-0.25, -0.2) is 9.50 Å². The van der Waals surface area contributed by atoms with Crippen molar-refractivity contribution in [2.75, 3.05) is 44.0 Å². The first-order chi connectivity index (χ1) is 18.0. The van der Waals surface area contributed by atoms with Gasteiger partial charge < -0.3 is 25.4 Å². The predicted molar refractivity (Wildman–Crippen MR) is 137 cm³/mol. The Morgan fingerprint density at radius 1 is 1.26 bits per heavy atom. The Morgan fingerprint density at radius 3 is 2.61 bits per heavy atom. The van der Waals surface area contributed by atoms with Crippen LogP contribution in [-0.4, -0.2) is 60.0 Å². The summed E-state index contributed by atoms with van der Waals surface area (Å²) in [4.78, 5) is 19.3. The highest BCUT2D eigenvalue weighted by atomic mass is 19.4. The monoisotopic (exact) mass is 534 g/mol. The number of imidazole rings is 1. The van der Waals surface area contributed by atoms with E-state index in [4.69, 9.17) is 20.3 Å². The highest BCUT2D eigenvalue weighted by molar-refractivity contribution is 5.76. The number of fused-ring (bicyclic) bond motifs is 1. The van der Waals surface area contributed by atoms with E-state index in [0.29, 0.717) is 60.4 Å². The number of carbonyl (C=O) groups excluding carboxylic acids is 1. The highest BCUT2D eigenvalue weighted by Gasteiger charge is 2.33. The van der Waals surface area contributed by atoms with Gasteiger partial charge in [0.2, 0.25) is 0 Å². The van der Waals surface area contributed by atoms with Gasteiger partial charge in [0.1, 0.15) is 18.3 Å². The molecule has 0 bridgehead atoms. The number of benzene rings is 1. The van der Waals surface area contributed by atoms with Gasteiger partial charge in [-0.2, -0.15) is 13.2 Å². The molecule has 2 aromatic heterocycles. The molecule has 4 rings (SSSR count). The van der Waals surface area contributed by atoms with Crippen LogP contribution in [0.2, 0.25) is 0 Å². The van der Waals surface area contributed by atoms with Crippen LogP contribution in [0.1, 0.15) is 41.9 Å². The molecule has 3 aromatic rings. The Labute approximate surface area is 219 Å². The molecular formula is C26H33F3N6O3. The summed E-state index contributed by atoms with van der Waals surface area (Å²) >= 11 is 0. The number of nitrogens with two attached hydrogens (primary N) is 1. The summed E-state index contributed by atoms with van der Waals surface area (Å²) in [6.07, 6.45) is -4.40. The molecular weight excluding hydrogens is 501 g/mol. The summed E-state index contributed by atoms with van der Waals surface area (Å²) < 4.78 is 53.4. The molecule has 0 radical (unpaired) electrons. The molecule has 1 aliphatic heterocycles. The number of nitrogens with one attached hydrogen (secondary N) is 1. The Hall–Kier alpha value is -3.38. The molecule has 0 saturated carbocycles. The van der Waals surface area contributed by atoms with E-state index in [2.05, 4.69) is 10.3 Å². The van der Waals surface area contributed by atoms with E-state index >= 15 is 0 Å². The van der Waals surface area contributed by atoms with E-state index in [1.54, 1.807) is 23.7 Å². The van der Waals surface area contributed by atoms with Crippen molar-refractivity contribution in [2.24, 2.45) is 5.92 Å². The van der Waals surface area contributed by atoms with Crippen molar-refractivity contribution in [1.82, 2.24) is 19.9 Å². The van der Waals surface area contributed by atoms with Crippen LogP contribution in [0.5, 0.6) is 0 Å². The summed E-state index contributed by atoms with van der Waals surface area (Å²) in [7, 11) is 1.68. The van der Waals surface area contributed by atoms with Gasteiger partial charge in [0.05, 0.1) is 30.2 Å². The first-order valence-electron chi connectivity index (χ1n) is 12.5. The highest BCUT2D eigenvalue weighted by Crippen LogP contribution is 2.34. The standard InChI is InChI=1S/C26H33F3N6O3/c1-15(2)23(31-4)25(36)38-14-20-21(12-17-6-5-7-18(16(17)3)26(27,28)29)35-24(32-20)19(30)13-22(33-35)34-8-10-37-11-9-34/h5-7,13,15,23,31H,8-12,14,30H2,1-4H3. The van der Waals surface area contributed by atoms with Crippen LogP contribution in [0.3, 0.4) is 0 Å². The van der Waals surface area contributed by atoms with Gasteiger partial charge in [0.25, 0.3) is 0 Å². The first kappa shape index (κ1) is 27.6. The lowest BCUT2D eigenvalue weighted by Crippen LogP contribution is -2.39. The molecule has 12 heteroatoms. The Kier molecular flexibility index (Phi) is 8.12. The van der Waals surface area contributed by atoms with E-state index < -0.39 is 23.8 Å². The topological polar surface area (TPSA) is 107 Å². The Balaban J connectivity index is 1.78. The average molecular weight is 535 g/mol. The van der Waals surface area contributed by atoms with Gasteiger partial charge in [0, 0.05) is 25.6 Å². The maximum Gasteiger partial charge on any atom is 0.416 e. The third-order valence-corrected chi connectivity index (χ3v) is 6.80. The minimum atomic E-state index is -4.48. The fourth-order valence-corrected chi connectivity index (χ4v) is 4.67. The lowest BCUT2D eigenvalue weighted by molar-refractivity contribution is -0.148. The predicted octanol–water partition coefficient (Wildman–Crippen LogP) is 3.35. The Morgan fingerprint density at radius 2 is 1.97 bits per heavy atom. The minimum Gasteiger partial charge on any atom is -0.458 e. The molecule has 1 atom stereocenters. The zero-order valence-corrected chi connectivity index (χ0v) is 21.9. The normalized spacial score (nSPS) is 15.3. The van der Waals surface area contributed by atoms with Crippen molar-refractivity contribution in [3.63, 3.8) is 0 Å². The zero-order chi connectivity index (χ0) is 27.6. The molecule has 38 heavy (non-hydrogen) atoms. The SMILES string of the molecule is CNC(C(=O)OCc1nc2c(N)cc(N3CCOCC3)nn2c1Cc1cccc(C(F)(F)F)c1C)C(C)C. The van der Waals surface area contributed by atoms with Crippen molar-refractivity contribution < 1.29 is 27.4 Å². The number of ether oxygens (including phenoxy) is 2. The second-order valence-corrected chi connectivity index (χ2v) is 9.68. The van der Waals surface area contributed by atoms with Gasteiger partial charge >= 0.3 is 12.1 Å². The Bertz CT molecular complexity index is 1300. The van der Waals surface area contributed by atoms with Crippen LogP contribution >= 0.6 is 0 Å². The third kappa shape index (κ3) is 5.70. The molecule has 9 nitrogen and oxygen atoms in total. The summed E-state index contributed by atoms with van der Waals surface area (Å²) in [5, 5.41) is 7.70. The molecule has 206 valence electrons. The minimum absolute atomic E-state index is 0.00538. The van der Waals surface area contributed by atoms with Crippen LogP contribution in [0.25, 0.3) is 5.65 Å². The van der Waals surface area contributed by atoms with Crippen molar-refractivity contribution in [1.29, 1.82) is 0 Å². The van der Waals surface area contributed by atoms with E-state index in [-0.39, 0.29) is 24.5 Å². The van der Waals surface area contributed by atoms with Crippen molar-refractivity contribution in [2.45, 2.75) is 46.0 Å². The number of aromatic nitrogens is 3. The molecule has 3 heterocycles. The second-order valence-electron chi connectivity index (χ2n) is 9.68. The number of nitrogen functional groups attached to an aromatic ring is 1. The maximum absolute atomic E-state index is 13.6. The number of nitrogens with zero attached hydrogens (tertiary/aromatic N) is 4. The number of alkyl halides is 3. The van der Waals surface area contributed by atoms with Crippen LogP contribution in [0, 0.1) is 12.8 Å². The van der Waals surface area contributed by atoms with E-state index in [0.717, 1.165) is 6.07 Å². The first-order valence-corrected chi connectivity index (χ1v) is 12.5.